The first-order chi connectivity index (χ1) is 9.25. The fraction of sp³-hybridized carbons (Fsp3) is 0.133. The Morgan fingerprint density at radius 2 is 1.42 bits per heavy atom. The van der Waals surface area contributed by atoms with Gasteiger partial charge in [-0.25, -0.2) is 4.79 Å². The van der Waals surface area contributed by atoms with E-state index in [9.17, 15) is 4.79 Å². The van der Waals surface area contributed by atoms with Gasteiger partial charge in [0, 0.05) is 24.3 Å². The molecule has 1 heterocycles. The molecule has 0 unspecified atom stereocenters. The van der Waals surface area contributed by atoms with Crippen molar-refractivity contribution in [2.24, 2.45) is 0 Å². The number of hydrogen-bond acceptors (Lipinski definition) is 1. The Balaban J connectivity index is 2.20. The lowest BCUT2D eigenvalue weighted by molar-refractivity contribution is 0.141. The summed E-state index contributed by atoms with van der Waals surface area (Å²) in [5, 5.41) is 4.64. The molecule has 1 aliphatic rings. The second kappa shape index (κ2) is 4.40. The molecule has 4 heteroatoms. The second-order valence-electron chi connectivity index (χ2n) is 4.60. The van der Waals surface area contributed by atoms with Gasteiger partial charge in [0.15, 0.2) is 18.0 Å². The summed E-state index contributed by atoms with van der Waals surface area (Å²) in [7, 11) is 1.82. The molecule has 0 bridgehead atoms. The van der Waals surface area contributed by atoms with Gasteiger partial charge in [-0.2, -0.15) is 5.01 Å². The Bertz CT molecular complexity index is 543. The van der Waals surface area contributed by atoms with E-state index >= 15 is 0 Å². The van der Waals surface area contributed by atoms with Gasteiger partial charge in [0.25, 0.3) is 0 Å². The van der Waals surface area contributed by atoms with Crippen molar-refractivity contribution in [2.75, 3.05) is 13.7 Å². The third-order valence-electron chi connectivity index (χ3n) is 3.63. The smallest absolute Gasteiger partial charge is 0.284 e. The third kappa shape index (κ3) is 1.69. The van der Waals surface area contributed by atoms with Crippen LogP contribution in [0.2, 0.25) is 0 Å². The first-order valence-corrected chi connectivity index (χ1v) is 6.26. The molecular formula is C15H16N3O+. The zero-order chi connectivity index (χ0) is 13.3. The summed E-state index contributed by atoms with van der Waals surface area (Å²) >= 11 is 0. The van der Waals surface area contributed by atoms with Crippen LogP contribution in [0.4, 0.5) is 16.2 Å². The Morgan fingerprint density at radius 1 is 0.947 bits per heavy atom. The van der Waals surface area contributed by atoms with E-state index in [4.69, 9.17) is 0 Å². The number of nitrogens with zero attached hydrogens (tertiary/aromatic N) is 2. The molecule has 0 atom stereocenters. The summed E-state index contributed by atoms with van der Waals surface area (Å²) in [5.41, 5.74) is 2.13. The van der Waals surface area contributed by atoms with E-state index in [0.29, 0.717) is 11.3 Å². The number of amides is 2. The van der Waals surface area contributed by atoms with Gasteiger partial charge in [-0.1, -0.05) is 36.4 Å². The molecule has 1 N–H and O–H groups in total. The topological polar surface area (TPSA) is 32.3 Å². The van der Waals surface area contributed by atoms with Crippen LogP contribution in [0.1, 0.15) is 0 Å². The molecule has 19 heavy (non-hydrogen) atoms. The van der Waals surface area contributed by atoms with E-state index in [2.05, 4.69) is 5.32 Å². The van der Waals surface area contributed by atoms with Crippen LogP contribution in [0.25, 0.3) is 0 Å². The van der Waals surface area contributed by atoms with Crippen LogP contribution in [0.5, 0.6) is 0 Å². The number of nitrogens with one attached hydrogen (secondary N) is 1. The monoisotopic (exact) mass is 254 g/mol. The SMILES string of the molecule is CN1C(=O)NC[N+]1(c1ccccc1)c1ccccc1. The van der Waals surface area contributed by atoms with Gasteiger partial charge in [0.2, 0.25) is 0 Å². The number of carbonyl (C=O) groups is 1. The van der Waals surface area contributed by atoms with Gasteiger partial charge in [0.1, 0.15) is 0 Å². The lowest BCUT2D eigenvalue weighted by Gasteiger charge is -2.35. The van der Waals surface area contributed by atoms with E-state index in [1.807, 2.05) is 67.7 Å². The van der Waals surface area contributed by atoms with Crippen LogP contribution in [-0.2, 0) is 0 Å². The van der Waals surface area contributed by atoms with Crippen molar-refractivity contribution < 1.29 is 4.79 Å². The molecule has 0 radical (unpaired) electrons. The Hall–Kier alpha value is -2.33. The first kappa shape index (κ1) is 11.7. The average Bonchev–Trinajstić information content (AvgIpc) is 2.78. The molecule has 0 saturated carbocycles. The molecule has 96 valence electrons. The van der Waals surface area contributed by atoms with Crippen LogP contribution in [0, 0.1) is 0 Å². The van der Waals surface area contributed by atoms with Crippen molar-refractivity contribution in [2.45, 2.75) is 0 Å². The number of rotatable bonds is 2. The maximum atomic E-state index is 11.9. The van der Waals surface area contributed by atoms with Gasteiger partial charge in [-0.15, -0.1) is 4.59 Å². The maximum Gasteiger partial charge on any atom is 0.366 e. The van der Waals surface area contributed by atoms with Crippen molar-refractivity contribution in [1.29, 1.82) is 0 Å². The van der Waals surface area contributed by atoms with E-state index in [1.54, 1.807) is 5.01 Å². The van der Waals surface area contributed by atoms with Crippen LogP contribution in [-0.4, -0.2) is 24.8 Å². The summed E-state index contributed by atoms with van der Waals surface area (Å²) in [5.74, 6) is 0. The van der Waals surface area contributed by atoms with Crippen LogP contribution in [0.15, 0.2) is 60.7 Å². The summed E-state index contributed by atoms with van der Waals surface area (Å²) < 4.78 is 0.376. The molecule has 4 nitrogen and oxygen atoms in total. The fourth-order valence-electron chi connectivity index (χ4n) is 2.58. The zero-order valence-corrected chi connectivity index (χ0v) is 10.8. The highest BCUT2D eigenvalue weighted by Crippen LogP contribution is 2.37. The highest BCUT2D eigenvalue weighted by atomic mass is 16.2. The number of carbonyl (C=O) groups excluding carboxylic acids is 1. The zero-order valence-electron chi connectivity index (χ0n) is 10.8. The molecule has 3 rings (SSSR count). The lowest BCUT2D eigenvalue weighted by Crippen LogP contribution is -2.52. The van der Waals surface area contributed by atoms with Gasteiger partial charge in [0.05, 0.1) is 7.05 Å². The maximum absolute atomic E-state index is 11.9. The van der Waals surface area contributed by atoms with Crippen molar-refractivity contribution in [1.82, 2.24) is 14.9 Å². The molecule has 0 aliphatic carbocycles. The minimum Gasteiger partial charge on any atom is -0.284 e. The van der Waals surface area contributed by atoms with Gasteiger partial charge >= 0.3 is 6.03 Å². The van der Waals surface area contributed by atoms with E-state index < -0.39 is 0 Å². The van der Waals surface area contributed by atoms with E-state index in [0.717, 1.165) is 11.4 Å². The molecule has 1 aliphatic heterocycles. The van der Waals surface area contributed by atoms with Gasteiger partial charge < -0.3 is 0 Å². The van der Waals surface area contributed by atoms with Gasteiger partial charge in [-0.05, 0) is 0 Å². The van der Waals surface area contributed by atoms with Crippen LogP contribution < -0.4 is 9.91 Å². The average molecular weight is 254 g/mol. The normalized spacial score (nSPS) is 17.3. The first-order valence-electron chi connectivity index (χ1n) is 6.26. The molecule has 0 spiro atoms. The number of benzene rings is 2. The minimum absolute atomic E-state index is 0.0623. The van der Waals surface area contributed by atoms with E-state index in [1.165, 1.54) is 0 Å². The molecule has 1 saturated heterocycles. The number of hydrogen-bond donors (Lipinski definition) is 1. The lowest BCUT2D eigenvalue weighted by atomic mass is 10.2. The summed E-state index contributed by atoms with van der Waals surface area (Å²) in [6.07, 6.45) is 0. The quantitative estimate of drug-likeness (QED) is 0.821. The van der Waals surface area contributed by atoms with Crippen molar-refractivity contribution in [3.8, 4) is 0 Å². The molecule has 2 aromatic carbocycles. The molecule has 1 fully saturated rings. The number of urea groups is 1. The van der Waals surface area contributed by atoms with E-state index in [-0.39, 0.29) is 6.03 Å². The Kier molecular flexibility index (Phi) is 2.72. The predicted molar refractivity (Wildman–Crippen MR) is 75.5 cm³/mol. The van der Waals surface area contributed by atoms with Crippen LogP contribution in [0.3, 0.4) is 0 Å². The highest BCUT2D eigenvalue weighted by Gasteiger charge is 2.47. The Morgan fingerprint density at radius 3 is 1.79 bits per heavy atom. The molecule has 0 aromatic heterocycles. The molecule has 2 aromatic rings. The fourth-order valence-corrected chi connectivity index (χ4v) is 2.58. The summed E-state index contributed by atoms with van der Waals surface area (Å²) in [4.78, 5) is 11.9. The van der Waals surface area contributed by atoms with Crippen molar-refractivity contribution >= 4 is 17.4 Å². The van der Waals surface area contributed by atoms with Gasteiger partial charge in [-0.3, -0.25) is 5.32 Å². The number of para-hydroxylation sites is 2. The predicted octanol–water partition coefficient (Wildman–Crippen LogP) is 2.85. The third-order valence-corrected chi connectivity index (χ3v) is 3.63. The number of quaternary nitrogens is 1. The molecule has 2 amide bonds. The Labute approximate surface area is 112 Å². The van der Waals surface area contributed by atoms with Crippen molar-refractivity contribution in [3.05, 3.63) is 60.7 Å². The minimum atomic E-state index is -0.0623. The standard InChI is InChI=1S/C15H15N3O/c1-17-15(19)16-12-18(17,13-8-4-2-5-9-13)14-10-6-3-7-11-14/h2-11H,12H2,1H3/p+1. The highest BCUT2D eigenvalue weighted by molar-refractivity contribution is 5.80. The second-order valence-corrected chi connectivity index (χ2v) is 4.60. The summed E-state index contributed by atoms with van der Waals surface area (Å²) in [6.45, 7) is 0.531. The van der Waals surface area contributed by atoms with Crippen LogP contribution >= 0.6 is 0 Å². The van der Waals surface area contributed by atoms with Crippen molar-refractivity contribution in [3.63, 3.8) is 0 Å². The largest absolute Gasteiger partial charge is 0.366 e. The summed E-state index contributed by atoms with van der Waals surface area (Å²) in [6, 6.07) is 20.1. The molecular weight excluding hydrogens is 238 g/mol.